The Kier molecular flexibility index (Phi) is 3.03. The van der Waals surface area contributed by atoms with Crippen LogP contribution >= 0.6 is 0 Å². The minimum absolute atomic E-state index is 0.496. The van der Waals surface area contributed by atoms with Gasteiger partial charge in [-0.1, -0.05) is 0 Å². The number of hydrogen-bond donors (Lipinski definition) is 1. The summed E-state index contributed by atoms with van der Waals surface area (Å²) in [5, 5.41) is 0. The van der Waals surface area contributed by atoms with Gasteiger partial charge in [0.1, 0.15) is 5.82 Å². The van der Waals surface area contributed by atoms with Gasteiger partial charge in [0, 0.05) is 19.3 Å². The Bertz CT molecular complexity index is 279. The summed E-state index contributed by atoms with van der Waals surface area (Å²) in [5.74, 6) is 0.599. The largest absolute Gasteiger partial charge is 0.382 e. The molecule has 4 nitrogen and oxygen atoms in total. The summed E-state index contributed by atoms with van der Waals surface area (Å²) in [4.78, 5) is 3.98. The lowest BCUT2D eigenvalue weighted by Gasteiger charge is -2.08. The summed E-state index contributed by atoms with van der Waals surface area (Å²) in [6, 6.07) is 0. The van der Waals surface area contributed by atoms with Gasteiger partial charge in [0.05, 0.1) is 12.4 Å². The molecule has 0 spiro atoms. The van der Waals surface area contributed by atoms with Crippen molar-refractivity contribution < 1.29 is 4.74 Å². The van der Waals surface area contributed by atoms with Gasteiger partial charge in [0.25, 0.3) is 0 Å². The van der Waals surface area contributed by atoms with E-state index in [2.05, 4.69) is 4.98 Å². The van der Waals surface area contributed by atoms with Crippen LogP contribution in [0.2, 0.25) is 0 Å². The smallest absolute Gasteiger partial charge is 0.141 e. The molecular weight excluding hydrogens is 178 g/mol. The number of anilines is 1. The van der Waals surface area contributed by atoms with Crippen LogP contribution in [0, 0.1) is 0 Å². The molecule has 1 unspecified atom stereocenters. The van der Waals surface area contributed by atoms with Crippen molar-refractivity contribution in [2.45, 2.75) is 38.3 Å². The molecule has 1 fully saturated rings. The third-order valence-corrected chi connectivity index (χ3v) is 2.62. The van der Waals surface area contributed by atoms with E-state index in [9.17, 15) is 0 Å². The van der Waals surface area contributed by atoms with Gasteiger partial charge in [-0.3, -0.25) is 0 Å². The van der Waals surface area contributed by atoms with Crippen molar-refractivity contribution in [3.63, 3.8) is 0 Å². The van der Waals surface area contributed by atoms with Crippen molar-refractivity contribution in [1.82, 2.24) is 9.55 Å². The van der Waals surface area contributed by atoms with Crippen LogP contribution in [0.4, 0.5) is 5.82 Å². The van der Waals surface area contributed by atoms with Crippen LogP contribution in [0.3, 0.4) is 0 Å². The van der Waals surface area contributed by atoms with E-state index >= 15 is 0 Å². The molecule has 78 valence electrons. The first kappa shape index (κ1) is 9.52. The summed E-state index contributed by atoms with van der Waals surface area (Å²) in [5.41, 5.74) is 5.52. The predicted octanol–water partition coefficient (Wildman–Crippen LogP) is 1.42. The van der Waals surface area contributed by atoms with E-state index in [1.54, 1.807) is 6.33 Å². The van der Waals surface area contributed by atoms with E-state index in [4.69, 9.17) is 10.5 Å². The Balaban J connectivity index is 1.67. The molecule has 1 aromatic rings. The number of imidazole rings is 1. The molecule has 1 aliphatic heterocycles. The van der Waals surface area contributed by atoms with Crippen LogP contribution in [0.5, 0.6) is 0 Å². The zero-order valence-electron chi connectivity index (χ0n) is 8.35. The van der Waals surface area contributed by atoms with Crippen LogP contribution in [0.15, 0.2) is 12.5 Å². The molecule has 2 rings (SSSR count). The van der Waals surface area contributed by atoms with Crippen LogP contribution in [0.1, 0.15) is 25.7 Å². The molecule has 0 saturated carbocycles. The number of aryl methyl sites for hydroxylation is 1. The molecule has 0 aliphatic carbocycles. The van der Waals surface area contributed by atoms with Gasteiger partial charge < -0.3 is 15.0 Å². The van der Waals surface area contributed by atoms with Gasteiger partial charge in [0.2, 0.25) is 0 Å². The Hall–Kier alpha value is -1.03. The van der Waals surface area contributed by atoms with Gasteiger partial charge in [-0.2, -0.15) is 0 Å². The number of nitrogens with zero attached hydrogens (tertiary/aromatic N) is 2. The van der Waals surface area contributed by atoms with E-state index in [-0.39, 0.29) is 0 Å². The summed E-state index contributed by atoms with van der Waals surface area (Å²) >= 11 is 0. The Morgan fingerprint density at radius 2 is 2.57 bits per heavy atom. The van der Waals surface area contributed by atoms with Crippen molar-refractivity contribution in [1.29, 1.82) is 0 Å². The Labute approximate surface area is 84.1 Å². The molecule has 1 aromatic heterocycles. The molecule has 1 saturated heterocycles. The molecule has 1 atom stereocenters. The van der Waals surface area contributed by atoms with E-state index in [1.807, 2.05) is 10.8 Å². The fourth-order valence-electron chi connectivity index (χ4n) is 1.87. The molecule has 14 heavy (non-hydrogen) atoms. The number of nitrogen functional groups attached to an aromatic ring is 1. The highest BCUT2D eigenvalue weighted by Crippen LogP contribution is 2.17. The third kappa shape index (κ3) is 2.48. The molecule has 0 radical (unpaired) electrons. The maximum absolute atomic E-state index is 5.55. The van der Waals surface area contributed by atoms with Gasteiger partial charge in [-0.05, 0) is 25.7 Å². The number of nitrogens with two attached hydrogens (primary N) is 1. The molecular formula is C10H17N3O. The number of hydrogen-bond acceptors (Lipinski definition) is 3. The van der Waals surface area contributed by atoms with Crippen LogP contribution in [0.25, 0.3) is 0 Å². The van der Waals surface area contributed by atoms with E-state index in [0.717, 1.165) is 26.0 Å². The van der Waals surface area contributed by atoms with E-state index in [1.165, 1.54) is 12.8 Å². The van der Waals surface area contributed by atoms with Gasteiger partial charge in [0.15, 0.2) is 0 Å². The van der Waals surface area contributed by atoms with E-state index < -0.39 is 0 Å². The Morgan fingerprint density at radius 3 is 3.21 bits per heavy atom. The SMILES string of the molecule is Nc1cn(CCCC2CCCO2)cn1. The quantitative estimate of drug-likeness (QED) is 0.790. The molecule has 2 N–H and O–H groups in total. The van der Waals surface area contributed by atoms with Crippen LogP contribution < -0.4 is 5.73 Å². The molecule has 0 amide bonds. The fraction of sp³-hybridized carbons (Fsp3) is 0.700. The van der Waals surface area contributed by atoms with Gasteiger partial charge >= 0.3 is 0 Å². The highest BCUT2D eigenvalue weighted by atomic mass is 16.5. The standard InChI is InChI=1S/C10H17N3O/c11-10-7-13(8-12-10)5-1-3-9-4-2-6-14-9/h7-9H,1-6,11H2. The number of rotatable bonds is 4. The lowest BCUT2D eigenvalue weighted by atomic mass is 10.1. The fourth-order valence-corrected chi connectivity index (χ4v) is 1.87. The molecule has 0 bridgehead atoms. The summed E-state index contributed by atoms with van der Waals surface area (Å²) in [6.07, 6.45) is 8.89. The lowest BCUT2D eigenvalue weighted by molar-refractivity contribution is 0.101. The molecule has 4 heteroatoms. The van der Waals surface area contributed by atoms with Crippen molar-refractivity contribution in [3.8, 4) is 0 Å². The zero-order valence-corrected chi connectivity index (χ0v) is 8.35. The topological polar surface area (TPSA) is 53.1 Å². The molecule has 0 aromatic carbocycles. The van der Waals surface area contributed by atoms with Crippen molar-refractivity contribution in [3.05, 3.63) is 12.5 Å². The average molecular weight is 195 g/mol. The Morgan fingerprint density at radius 1 is 1.64 bits per heavy atom. The second-order valence-electron chi connectivity index (χ2n) is 3.81. The first-order valence-electron chi connectivity index (χ1n) is 5.23. The van der Waals surface area contributed by atoms with E-state index in [0.29, 0.717) is 11.9 Å². The average Bonchev–Trinajstić information content (AvgIpc) is 2.77. The normalized spacial score (nSPS) is 21.6. The first-order chi connectivity index (χ1) is 6.84. The molecule has 1 aliphatic rings. The molecule has 2 heterocycles. The predicted molar refractivity (Wildman–Crippen MR) is 54.8 cm³/mol. The van der Waals surface area contributed by atoms with Crippen LogP contribution in [-0.2, 0) is 11.3 Å². The third-order valence-electron chi connectivity index (χ3n) is 2.62. The second-order valence-corrected chi connectivity index (χ2v) is 3.81. The number of ether oxygens (including phenoxy) is 1. The minimum Gasteiger partial charge on any atom is -0.382 e. The minimum atomic E-state index is 0.496. The van der Waals surface area contributed by atoms with Crippen LogP contribution in [-0.4, -0.2) is 22.3 Å². The summed E-state index contributed by atoms with van der Waals surface area (Å²) < 4.78 is 7.58. The highest BCUT2D eigenvalue weighted by Gasteiger charge is 2.14. The van der Waals surface area contributed by atoms with Crippen molar-refractivity contribution in [2.24, 2.45) is 0 Å². The zero-order chi connectivity index (χ0) is 9.80. The van der Waals surface area contributed by atoms with Gasteiger partial charge in [-0.25, -0.2) is 4.98 Å². The first-order valence-corrected chi connectivity index (χ1v) is 5.23. The van der Waals surface area contributed by atoms with Crippen molar-refractivity contribution >= 4 is 5.82 Å². The second kappa shape index (κ2) is 4.46. The van der Waals surface area contributed by atoms with Crippen molar-refractivity contribution in [2.75, 3.05) is 12.3 Å². The highest BCUT2D eigenvalue weighted by molar-refractivity contribution is 5.22. The maximum Gasteiger partial charge on any atom is 0.141 e. The summed E-state index contributed by atoms with van der Waals surface area (Å²) in [7, 11) is 0. The number of aromatic nitrogens is 2. The maximum atomic E-state index is 5.55. The monoisotopic (exact) mass is 195 g/mol. The summed E-state index contributed by atoms with van der Waals surface area (Å²) in [6.45, 7) is 1.94. The lowest BCUT2D eigenvalue weighted by Crippen LogP contribution is -2.06. The van der Waals surface area contributed by atoms with Gasteiger partial charge in [-0.15, -0.1) is 0 Å².